The van der Waals surface area contributed by atoms with Crippen LogP contribution in [0.2, 0.25) is 0 Å². The Balaban J connectivity index is 1.39. The van der Waals surface area contributed by atoms with E-state index in [0.29, 0.717) is 24.3 Å². The van der Waals surface area contributed by atoms with Gasteiger partial charge in [-0.2, -0.15) is 23.2 Å². The number of alkyl halides is 3. The zero-order valence-corrected chi connectivity index (χ0v) is 27.9. The number of hydrogen-bond acceptors (Lipinski definition) is 8. The van der Waals surface area contributed by atoms with Gasteiger partial charge in [0.15, 0.2) is 11.5 Å². The first-order valence-electron chi connectivity index (χ1n) is 15.1. The molecule has 2 aromatic rings. The standard InChI is InChI=1S/C29H49F3N5O5PS/c1-25(21-37-23-36-26-27(33)34-22-35-28(26)37)41-24-43(38,39)42-18-17-40-16-13-11-9-7-5-4-6-8-10-12-14-19-44(2,3)20-15-29(30,31)32/h22-23,25H,4-13,15-18,20-21,24H2,1-3H3,(H,38,39)(H2,33,34,35)/t25-/m1/s1. The highest BCUT2D eigenvalue weighted by Gasteiger charge is 2.28. The molecule has 3 N–H and O–H groups in total. The smallest absolute Gasteiger partial charge is 0.382 e. The van der Waals surface area contributed by atoms with Crippen LogP contribution in [0.5, 0.6) is 0 Å². The molecule has 0 bridgehead atoms. The molecule has 0 fully saturated rings. The predicted molar refractivity (Wildman–Crippen MR) is 171 cm³/mol. The van der Waals surface area contributed by atoms with Crippen LogP contribution in [-0.4, -0.2) is 81.1 Å². The van der Waals surface area contributed by atoms with Gasteiger partial charge < -0.3 is 29.2 Å². The van der Waals surface area contributed by atoms with Crippen LogP contribution in [0, 0.1) is 11.2 Å². The predicted octanol–water partition coefficient (Wildman–Crippen LogP) is 6.87. The van der Waals surface area contributed by atoms with Gasteiger partial charge >= 0.3 is 13.8 Å². The normalized spacial score (nSPS) is 14.7. The van der Waals surface area contributed by atoms with Crippen LogP contribution in [0.4, 0.5) is 19.0 Å². The van der Waals surface area contributed by atoms with Gasteiger partial charge in [-0.15, -0.1) is 0 Å². The minimum absolute atomic E-state index is 0.0104. The molecule has 0 aliphatic carbocycles. The molecule has 0 aromatic carbocycles. The van der Waals surface area contributed by atoms with Gasteiger partial charge in [-0.25, -0.2) is 15.0 Å². The maximum atomic E-state index is 12.4. The van der Waals surface area contributed by atoms with Gasteiger partial charge in [0.2, 0.25) is 0 Å². The minimum Gasteiger partial charge on any atom is -0.382 e. The lowest BCUT2D eigenvalue weighted by atomic mass is 10.1. The van der Waals surface area contributed by atoms with Crippen molar-refractivity contribution in [1.29, 1.82) is 0 Å². The molecular weight excluding hydrogens is 618 g/mol. The summed E-state index contributed by atoms with van der Waals surface area (Å²) in [6.07, 6.45) is 11.6. The van der Waals surface area contributed by atoms with Gasteiger partial charge in [-0.3, -0.25) is 4.57 Å². The van der Waals surface area contributed by atoms with Crippen LogP contribution in [0.3, 0.4) is 0 Å². The summed E-state index contributed by atoms with van der Waals surface area (Å²) in [6, 6.07) is 0. The van der Waals surface area contributed by atoms with Crippen LogP contribution in [0.1, 0.15) is 77.6 Å². The Bertz CT molecular complexity index is 1220. The van der Waals surface area contributed by atoms with Crippen LogP contribution in [-0.2, 0) is 25.1 Å². The van der Waals surface area contributed by atoms with Crippen molar-refractivity contribution in [3.63, 3.8) is 0 Å². The van der Waals surface area contributed by atoms with Crippen LogP contribution in [0.25, 0.3) is 11.2 Å². The molecule has 2 aromatic heterocycles. The number of nitrogens with two attached hydrogens (primary N) is 1. The molecule has 0 amide bonds. The van der Waals surface area contributed by atoms with Crippen molar-refractivity contribution in [1.82, 2.24) is 19.5 Å². The molecule has 2 atom stereocenters. The SMILES string of the molecule is C[C@H](Cn1cnc2c(N)ncnc21)OCP(=O)(O)OCCOCCCCCCCCCCCC#CS(C)(C)CCC(F)(F)F. The van der Waals surface area contributed by atoms with Crippen LogP contribution < -0.4 is 5.73 Å². The van der Waals surface area contributed by atoms with Gasteiger partial charge in [-0.1, -0.05) is 56.1 Å². The average Bonchev–Trinajstić information content (AvgIpc) is 3.36. The van der Waals surface area contributed by atoms with E-state index >= 15 is 0 Å². The lowest BCUT2D eigenvalue weighted by Gasteiger charge is -2.24. The van der Waals surface area contributed by atoms with Crippen LogP contribution in [0.15, 0.2) is 12.7 Å². The van der Waals surface area contributed by atoms with Gasteiger partial charge in [0.05, 0.1) is 38.6 Å². The second-order valence-electron chi connectivity index (χ2n) is 11.3. The highest BCUT2D eigenvalue weighted by molar-refractivity contribution is 8.36. The molecule has 1 unspecified atom stereocenters. The van der Waals surface area contributed by atoms with Crippen molar-refractivity contribution in [3.05, 3.63) is 12.7 Å². The molecule has 10 nitrogen and oxygen atoms in total. The van der Waals surface area contributed by atoms with E-state index in [1.54, 1.807) is 17.8 Å². The molecule has 15 heteroatoms. The Labute approximate surface area is 260 Å². The molecular formula is C29H49F3N5O5PS. The monoisotopic (exact) mass is 667 g/mol. The molecule has 0 radical (unpaired) electrons. The summed E-state index contributed by atoms with van der Waals surface area (Å²) >= 11 is 0. The number of imidazole rings is 1. The highest BCUT2D eigenvalue weighted by Crippen LogP contribution is 2.42. The maximum absolute atomic E-state index is 12.4. The highest BCUT2D eigenvalue weighted by atomic mass is 32.3. The molecule has 0 spiro atoms. The van der Waals surface area contributed by atoms with Crippen molar-refractivity contribution in [2.75, 3.05) is 50.2 Å². The molecule has 44 heavy (non-hydrogen) atoms. The summed E-state index contributed by atoms with van der Waals surface area (Å²) < 4.78 is 67.4. The molecule has 252 valence electrons. The van der Waals surface area contributed by atoms with Gasteiger partial charge in [0.1, 0.15) is 18.2 Å². The maximum Gasteiger partial charge on any atom is 0.389 e. The number of aromatic nitrogens is 4. The zero-order chi connectivity index (χ0) is 32.5. The fourth-order valence-corrected chi connectivity index (χ4v) is 6.50. The second-order valence-corrected chi connectivity index (χ2v) is 16.8. The largest absolute Gasteiger partial charge is 0.389 e. The average molecular weight is 668 g/mol. The summed E-state index contributed by atoms with van der Waals surface area (Å²) in [6.45, 7) is 2.97. The number of fused-ring (bicyclic) bond motifs is 1. The molecule has 0 saturated heterocycles. The Morgan fingerprint density at radius 3 is 2.36 bits per heavy atom. The second kappa shape index (κ2) is 19.6. The van der Waals surface area contributed by atoms with E-state index in [-0.39, 0.29) is 24.8 Å². The lowest BCUT2D eigenvalue weighted by Crippen LogP contribution is -2.18. The molecule has 2 rings (SSSR count). The van der Waals surface area contributed by atoms with Crippen LogP contribution >= 0.6 is 17.6 Å². The summed E-state index contributed by atoms with van der Waals surface area (Å²) in [5.41, 5.74) is 6.85. The van der Waals surface area contributed by atoms with Crippen molar-refractivity contribution in [3.8, 4) is 11.2 Å². The number of rotatable bonds is 22. The molecule has 2 heterocycles. The third-order valence-corrected chi connectivity index (χ3v) is 9.74. The molecule has 0 saturated carbocycles. The molecule has 0 aliphatic heterocycles. The quantitative estimate of drug-likeness (QED) is 0.0784. The summed E-state index contributed by atoms with van der Waals surface area (Å²) in [7, 11) is -5.40. The Hall–Kier alpha value is -1.88. The number of halogens is 3. The fourth-order valence-electron chi connectivity index (χ4n) is 4.28. The number of nitrogens with zero attached hydrogens (tertiary/aromatic N) is 4. The number of unbranched alkanes of at least 4 members (excludes halogenated alkanes) is 9. The first-order valence-corrected chi connectivity index (χ1v) is 19.5. The molecule has 0 aliphatic rings. The number of anilines is 1. The van der Waals surface area contributed by atoms with Crippen molar-refractivity contribution >= 4 is 34.6 Å². The van der Waals surface area contributed by atoms with E-state index in [1.807, 2.05) is 12.5 Å². The number of ether oxygens (including phenoxy) is 2. The van der Waals surface area contributed by atoms with Crippen molar-refractivity contribution in [2.24, 2.45) is 0 Å². The number of nitrogen functional groups attached to an aromatic ring is 1. The van der Waals surface area contributed by atoms with Gasteiger partial charge in [-0.05, 0) is 38.0 Å². The first-order chi connectivity index (χ1) is 20.8. The van der Waals surface area contributed by atoms with Gasteiger partial charge in [0, 0.05) is 13.0 Å². The minimum atomic E-state index is -4.10. The fraction of sp³-hybridized carbons (Fsp3) is 0.759. The van der Waals surface area contributed by atoms with E-state index in [0.717, 1.165) is 44.9 Å². The van der Waals surface area contributed by atoms with Gasteiger partial charge in [0.25, 0.3) is 0 Å². The Morgan fingerprint density at radius 2 is 1.68 bits per heavy atom. The third kappa shape index (κ3) is 17.0. The van der Waals surface area contributed by atoms with E-state index in [4.69, 9.17) is 19.7 Å². The lowest BCUT2D eigenvalue weighted by molar-refractivity contribution is -0.129. The van der Waals surface area contributed by atoms with E-state index in [2.05, 4.69) is 26.1 Å². The summed E-state index contributed by atoms with van der Waals surface area (Å²) in [5.74, 6) is 3.50. The van der Waals surface area contributed by atoms with Crippen molar-refractivity contribution < 1.29 is 36.6 Å². The summed E-state index contributed by atoms with van der Waals surface area (Å²) in [4.78, 5) is 22.3. The topological polar surface area (TPSA) is 135 Å². The summed E-state index contributed by atoms with van der Waals surface area (Å²) in [5, 5.41) is 3.08. The van der Waals surface area contributed by atoms with E-state index < -0.39 is 42.7 Å². The zero-order valence-electron chi connectivity index (χ0n) is 26.2. The Morgan fingerprint density at radius 1 is 1.02 bits per heavy atom. The Kier molecular flexibility index (Phi) is 17.1. The van der Waals surface area contributed by atoms with E-state index in [1.165, 1.54) is 25.6 Å². The first kappa shape index (κ1) is 38.3. The number of hydrogen-bond donors (Lipinski definition) is 2. The third-order valence-electron chi connectivity index (χ3n) is 6.76. The van der Waals surface area contributed by atoms with E-state index in [9.17, 15) is 22.6 Å². The van der Waals surface area contributed by atoms with Crippen molar-refractivity contribution in [2.45, 2.75) is 96.4 Å².